The summed E-state index contributed by atoms with van der Waals surface area (Å²) >= 11 is 6.33. The fourth-order valence-electron chi connectivity index (χ4n) is 2.58. The predicted octanol–water partition coefficient (Wildman–Crippen LogP) is 4.31. The number of aromatic nitrogens is 2. The van der Waals surface area contributed by atoms with Crippen LogP contribution in [0, 0.1) is 26.7 Å². The van der Waals surface area contributed by atoms with Crippen LogP contribution in [0.2, 0.25) is 5.15 Å². The summed E-state index contributed by atoms with van der Waals surface area (Å²) in [6, 6.07) is 5.60. The van der Waals surface area contributed by atoms with E-state index in [1.54, 1.807) is 10.8 Å². The number of nitrogens with one attached hydrogen (secondary N) is 1. The number of carbonyl (C=O) groups is 2. The Bertz CT molecular complexity index is 901. The van der Waals surface area contributed by atoms with Crippen LogP contribution in [0.1, 0.15) is 36.2 Å². The first-order valence-electron chi connectivity index (χ1n) is 9.12. The van der Waals surface area contributed by atoms with E-state index >= 15 is 0 Å². The molecule has 0 unspecified atom stereocenters. The highest BCUT2D eigenvalue weighted by Gasteiger charge is 2.13. The molecule has 0 saturated carbocycles. The van der Waals surface area contributed by atoms with Gasteiger partial charge in [0, 0.05) is 23.9 Å². The number of nitrogens with zero attached hydrogens (tertiary/aromatic N) is 2. The molecule has 0 spiro atoms. The second-order valence-electron chi connectivity index (χ2n) is 7.15. The van der Waals surface area contributed by atoms with Crippen molar-refractivity contribution in [1.82, 2.24) is 9.78 Å². The molecular formula is C21H26ClN3O3. The monoisotopic (exact) mass is 403 g/mol. The number of rotatable bonds is 7. The van der Waals surface area contributed by atoms with Gasteiger partial charge in [0.05, 0.1) is 5.69 Å². The smallest absolute Gasteiger partial charge is 0.331 e. The van der Waals surface area contributed by atoms with Gasteiger partial charge in [-0.3, -0.25) is 9.48 Å². The second-order valence-corrected chi connectivity index (χ2v) is 7.51. The Balaban J connectivity index is 1.90. The van der Waals surface area contributed by atoms with E-state index in [0.717, 1.165) is 16.8 Å². The maximum atomic E-state index is 12.0. The molecule has 7 heteroatoms. The van der Waals surface area contributed by atoms with Crippen molar-refractivity contribution in [3.8, 4) is 0 Å². The van der Waals surface area contributed by atoms with Crippen LogP contribution in [-0.4, -0.2) is 28.3 Å². The van der Waals surface area contributed by atoms with Crippen LogP contribution >= 0.6 is 11.6 Å². The molecule has 0 fully saturated rings. The van der Waals surface area contributed by atoms with E-state index < -0.39 is 11.9 Å². The van der Waals surface area contributed by atoms with Gasteiger partial charge < -0.3 is 10.1 Å². The van der Waals surface area contributed by atoms with Crippen molar-refractivity contribution in [2.24, 2.45) is 5.92 Å². The minimum atomic E-state index is -0.623. The average molecular weight is 404 g/mol. The number of ether oxygens (including phenoxy) is 1. The largest absolute Gasteiger partial charge is 0.452 e. The van der Waals surface area contributed by atoms with Gasteiger partial charge in [-0.15, -0.1) is 0 Å². The number of esters is 1. The summed E-state index contributed by atoms with van der Waals surface area (Å²) in [6.45, 7) is 10.3. The van der Waals surface area contributed by atoms with Crippen LogP contribution in [0.25, 0.3) is 6.08 Å². The Morgan fingerprint density at radius 1 is 1.25 bits per heavy atom. The normalized spacial score (nSPS) is 11.2. The van der Waals surface area contributed by atoms with Crippen molar-refractivity contribution in [2.75, 3.05) is 11.9 Å². The SMILES string of the molecule is Cc1ccc(NC(=O)COC(=O)/C=C/c2c(C)nn(CC(C)C)c2Cl)cc1C. The lowest BCUT2D eigenvalue weighted by atomic mass is 10.1. The molecule has 0 saturated heterocycles. The number of anilines is 1. The van der Waals surface area contributed by atoms with Crippen LogP contribution < -0.4 is 5.32 Å². The highest BCUT2D eigenvalue weighted by Crippen LogP contribution is 2.22. The van der Waals surface area contributed by atoms with E-state index in [2.05, 4.69) is 24.3 Å². The van der Waals surface area contributed by atoms with Gasteiger partial charge in [0.25, 0.3) is 5.91 Å². The molecule has 0 bridgehead atoms. The van der Waals surface area contributed by atoms with Crippen molar-refractivity contribution in [2.45, 2.75) is 41.2 Å². The van der Waals surface area contributed by atoms with Gasteiger partial charge in [0.1, 0.15) is 5.15 Å². The zero-order valence-corrected chi connectivity index (χ0v) is 17.6. The van der Waals surface area contributed by atoms with E-state index in [-0.39, 0.29) is 6.61 Å². The first-order chi connectivity index (χ1) is 13.2. The summed E-state index contributed by atoms with van der Waals surface area (Å²) in [5.41, 5.74) is 4.27. The maximum Gasteiger partial charge on any atom is 0.331 e. The highest BCUT2D eigenvalue weighted by molar-refractivity contribution is 6.31. The van der Waals surface area contributed by atoms with Crippen molar-refractivity contribution in [3.63, 3.8) is 0 Å². The highest BCUT2D eigenvalue weighted by atomic mass is 35.5. The zero-order chi connectivity index (χ0) is 20.8. The fourth-order valence-corrected chi connectivity index (χ4v) is 2.88. The lowest BCUT2D eigenvalue weighted by Gasteiger charge is -2.07. The Labute approximate surface area is 170 Å². The Morgan fingerprint density at radius 2 is 1.96 bits per heavy atom. The van der Waals surface area contributed by atoms with E-state index in [4.69, 9.17) is 16.3 Å². The molecule has 1 heterocycles. The summed E-state index contributed by atoms with van der Waals surface area (Å²) in [5.74, 6) is -0.624. The molecule has 150 valence electrons. The quantitative estimate of drug-likeness (QED) is 0.552. The third kappa shape index (κ3) is 5.96. The summed E-state index contributed by atoms with van der Waals surface area (Å²) in [7, 11) is 0. The minimum Gasteiger partial charge on any atom is -0.452 e. The molecule has 0 aliphatic carbocycles. The second kappa shape index (κ2) is 9.55. The van der Waals surface area contributed by atoms with Gasteiger partial charge in [0.15, 0.2) is 6.61 Å². The first-order valence-corrected chi connectivity index (χ1v) is 9.50. The number of aryl methyl sites for hydroxylation is 3. The summed E-state index contributed by atoms with van der Waals surface area (Å²) < 4.78 is 6.71. The molecule has 2 rings (SSSR count). The lowest BCUT2D eigenvalue weighted by molar-refractivity contribution is -0.142. The molecule has 0 aliphatic rings. The van der Waals surface area contributed by atoms with Gasteiger partial charge in [-0.1, -0.05) is 31.5 Å². The molecular weight excluding hydrogens is 378 g/mol. The van der Waals surface area contributed by atoms with E-state index in [0.29, 0.717) is 28.9 Å². The molecule has 2 aromatic rings. The van der Waals surface area contributed by atoms with Gasteiger partial charge >= 0.3 is 5.97 Å². The number of hydrogen-bond donors (Lipinski definition) is 1. The summed E-state index contributed by atoms with van der Waals surface area (Å²) in [4.78, 5) is 23.9. The van der Waals surface area contributed by atoms with E-state index in [1.807, 2.05) is 39.0 Å². The maximum absolute atomic E-state index is 12.0. The summed E-state index contributed by atoms with van der Waals surface area (Å²) in [5, 5.41) is 7.56. The third-order valence-corrected chi connectivity index (χ3v) is 4.57. The number of halogens is 1. The van der Waals surface area contributed by atoms with Crippen LogP contribution in [0.15, 0.2) is 24.3 Å². The van der Waals surface area contributed by atoms with Crippen molar-refractivity contribution >= 4 is 35.2 Å². The molecule has 1 amide bonds. The van der Waals surface area contributed by atoms with Crippen LogP contribution in [0.5, 0.6) is 0 Å². The Kier molecular flexibility index (Phi) is 7.40. The predicted molar refractivity (Wildman–Crippen MR) is 111 cm³/mol. The first kappa shape index (κ1) is 21.7. The summed E-state index contributed by atoms with van der Waals surface area (Å²) in [6.07, 6.45) is 2.81. The fraction of sp³-hybridized carbons (Fsp3) is 0.381. The molecule has 1 aromatic carbocycles. The number of amides is 1. The Hall–Kier alpha value is -2.60. The van der Waals surface area contributed by atoms with Crippen LogP contribution in [-0.2, 0) is 20.9 Å². The number of carbonyl (C=O) groups excluding carboxylic acids is 2. The number of benzene rings is 1. The molecule has 1 aromatic heterocycles. The van der Waals surface area contributed by atoms with E-state index in [9.17, 15) is 9.59 Å². The molecule has 1 N–H and O–H groups in total. The van der Waals surface area contributed by atoms with Crippen molar-refractivity contribution in [1.29, 1.82) is 0 Å². The van der Waals surface area contributed by atoms with Crippen molar-refractivity contribution in [3.05, 3.63) is 51.8 Å². The minimum absolute atomic E-state index is 0.366. The van der Waals surface area contributed by atoms with Crippen molar-refractivity contribution < 1.29 is 14.3 Å². The lowest BCUT2D eigenvalue weighted by Crippen LogP contribution is -2.20. The van der Waals surface area contributed by atoms with E-state index in [1.165, 1.54) is 6.08 Å². The molecule has 28 heavy (non-hydrogen) atoms. The molecule has 0 radical (unpaired) electrons. The zero-order valence-electron chi connectivity index (χ0n) is 16.9. The standard InChI is InChI=1S/C21H26ClN3O3/c1-13(2)11-25-21(22)18(16(5)24-25)8-9-20(27)28-12-19(26)23-17-7-6-14(3)15(4)10-17/h6-10,13H,11-12H2,1-5H3,(H,23,26)/b9-8+. The van der Waals surface area contributed by atoms with Crippen LogP contribution in [0.4, 0.5) is 5.69 Å². The molecule has 6 nitrogen and oxygen atoms in total. The van der Waals surface area contributed by atoms with Gasteiger partial charge in [-0.05, 0) is 56.0 Å². The van der Waals surface area contributed by atoms with Gasteiger partial charge in [-0.2, -0.15) is 5.10 Å². The molecule has 0 atom stereocenters. The topological polar surface area (TPSA) is 73.2 Å². The third-order valence-electron chi connectivity index (χ3n) is 4.17. The van der Waals surface area contributed by atoms with Gasteiger partial charge in [-0.25, -0.2) is 4.79 Å². The Morgan fingerprint density at radius 3 is 2.61 bits per heavy atom. The van der Waals surface area contributed by atoms with Gasteiger partial charge in [0.2, 0.25) is 0 Å². The molecule has 0 aliphatic heterocycles. The number of hydrogen-bond acceptors (Lipinski definition) is 4. The average Bonchev–Trinajstić information content (AvgIpc) is 2.87. The van der Waals surface area contributed by atoms with Crippen LogP contribution in [0.3, 0.4) is 0 Å².